The average molecular weight is 313 g/mol. The molecule has 6 nitrogen and oxygen atoms in total. The number of nitrogens with zero attached hydrogens (tertiary/aromatic N) is 5. The lowest BCUT2D eigenvalue weighted by Gasteiger charge is -2.06. The molecule has 0 amide bonds. The Morgan fingerprint density at radius 2 is 2.14 bits per heavy atom. The second kappa shape index (κ2) is 4.49. The highest BCUT2D eigenvalue weighted by atomic mass is 32.1. The van der Waals surface area contributed by atoms with Gasteiger partial charge in [-0.1, -0.05) is 0 Å². The zero-order valence-electron chi connectivity index (χ0n) is 12.1. The van der Waals surface area contributed by atoms with Crippen molar-refractivity contribution in [3.05, 3.63) is 38.8 Å². The van der Waals surface area contributed by atoms with Gasteiger partial charge in [0, 0.05) is 17.8 Å². The van der Waals surface area contributed by atoms with E-state index < -0.39 is 0 Å². The fourth-order valence-corrected chi connectivity index (χ4v) is 4.83. The molecule has 0 N–H and O–H groups in total. The molecule has 7 heteroatoms. The van der Waals surface area contributed by atoms with Crippen molar-refractivity contribution < 1.29 is 0 Å². The van der Waals surface area contributed by atoms with Crippen molar-refractivity contribution >= 4 is 21.6 Å². The van der Waals surface area contributed by atoms with Gasteiger partial charge in [-0.15, -0.1) is 21.5 Å². The fraction of sp³-hybridized carbons (Fsp3) is 0.467. The molecule has 0 saturated heterocycles. The highest BCUT2D eigenvalue weighted by Gasteiger charge is 2.22. The van der Waals surface area contributed by atoms with Gasteiger partial charge in [0.1, 0.15) is 10.7 Å². The quantitative estimate of drug-likeness (QED) is 0.720. The smallest absolute Gasteiger partial charge is 0.262 e. The lowest BCUT2D eigenvalue weighted by molar-refractivity contribution is 0.631. The number of hydrogen-bond donors (Lipinski definition) is 0. The minimum absolute atomic E-state index is 0.0692. The molecule has 0 atom stereocenters. The zero-order valence-corrected chi connectivity index (χ0v) is 12.9. The van der Waals surface area contributed by atoms with Crippen LogP contribution in [-0.4, -0.2) is 24.3 Å². The van der Waals surface area contributed by atoms with Crippen molar-refractivity contribution in [2.24, 2.45) is 0 Å². The van der Waals surface area contributed by atoms with Gasteiger partial charge in [-0.25, -0.2) is 4.98 Å². The second-order valence-electron chi connectivity index (χ2n) is 6.00. The summed E-state index contributed by atoms with van der Waals surface area (Å²) in [5.74, 6) is 1.90. The second-order valence-corrected chi connectivity index (χ2v) is 7.09. The summed E-state index contributed by atoms with van der Waals surface area (Å²) in [6, 6.07) is 0. The molecule has 22 heavy (non-hydrogen) atoms. The van der Waals surface area contributed by atoms with Crippen molar-refractivity contribution in [3.8, 4) is 0 Å². The molecular formula is C15H15N5OS. The van der Waals surface area contributed by atoms with Crippen LogP contribution in [0.15, 0.2) is 11.1 Å². The molecule has 3 aromatic rings. The van der Waals surface area contributed by atoms with Crippen LogP contribution in [0.4, 0.5) is 0 Å². The van der Waals surface area contributed by atoms with Crippen LogP contribution < -0.4 is 5.56 Å². The van der Waals surface area contributed by atoms with Crippen molar-refractivity contribution in [1.29, 1.82) is 0 Å². The summed E-state index contributed by atoms with van der Waals surface area (Å²) >= 11 is 1.68. The third-order valence-corrected chi connectivity index (χ3v) is 5.89. The molecule has 5 rings (SSSR count). The molecule has 112 valence electrons. The molecule has 2 aliphatic rings. The molecule has 4 heterocycles. The van der Waals surface area contributed by atoms with Crippen LogP contribution in [0.1, 0.15) is 34.9 Å². The predicted octanol–water partition coefficient (Wildman–Crippen LogP) is 1.53. The Morgan fingerprint density at radius 3 is 3.09 bits per heavy atom. The summed E-state index contributed by atoms with van der Waals surface area (Å²) in [4.78, 5) is 19.6. The first-order chi connectivity index (χ1) is 10.8. The lowest BCUT2D eigenvalue weighted by atomic mass is 10.2. The van der Waals surface area contributed by atoms with Gasteiger partial charge >= 0.3 is 0 Å². The lowest BCUT2D eigenvalue weighted by Crippen LogP contribution is -2.23. The molecule has 0 bridgehead atoms. The number of aromatic nitrogens is 5. The monoisotopic (exact) mass is 313 g/mol. The molecule has 0 saturated carbocycles. The Kier molecular flexibility index (Phi) is 2.55. The first kappa shape index (κ1) is 12.5. The van der Waals surface area contributed by atoms with Gasteiger partial charge in [0.15, 0.2) is 5.82 Å². The van der Waals surface area contributed by atoms with E-state index in [1.165, 1.54) is 10.4 Å². The first-order valence-corrected chi connectivity index (χ1v) is 8.53. The van der Waals surface area contributed by atoms with Crippen LogP contribution in [-0.2, 0) is 32.4 Å². The summed E-state index contributed by atoms with van der Waals surface area (Å²) < 4.78 is 3.82. The van der Waals surface area contributed by atoms with E-state index in [0.717, 1.165) is 60.5 Å². The van der Waals surface area contributed by atoms with E-state index in [9.17, 15) is 4.79 Å². The molecule has 0 radical (unpaired) electrons. The average Bonchev–Trinajstić information content (AvgIpc) is 3.23. The molecule has 0 fully saturated rings. The maximum absolute atomic E-state index is 12.8. The van der Waals surface area contributed by atoms with Crippen LogP contribution in [0, 0.1) is 0 Å². The summed E-state index contributed by atoms with van der Waals surface area (Å²) in [7, 11) is 0. The molecule has 1 aliphatic carbocycles. The van der Waals surface area contributed by atoms with Gasteiger partial charge in [0.05, 0.1) is 18.3 Å². The predicted molar refractivity (Wildman–Crippen MR) is 83.4 cm³/mol. The number of thiophene rings is 1. The van der Waals surface area contributed by atoms with Crippen LogP contribution in [0.5, 0.6) is 0 Å². The molecule has 3 aromatic heterocycles. The molecule has 0 spiro atoms. The topological polar surface area (TPSA) is 65.6 Å². The number of rotatable bonds is 2. The number of hydrogen-bond acceptors (Lipinski definition) is 5. The maximum atomic E-state index is 12.8. The van der Waals surface area contributed by atoms with Crippen LogP contribution >= 0.6 is 11.3 Å². The summed E-state index contributed by atoms with van der Waals surface area (Å²) in [6.07, 6.45) is 7.01. The highest BCUT2D eigenvalue weighted by Crippen LogP contribution is 2.34. The minimum Gasteiger partial charge on any atom is -0.313 e. The van der Waals surface area contributed by atoms with E-state index >= 15 is 0 Å². The van der Waals surface area contributed by atoms with Gasteiger partial charge in [0.25, 0.3) is 5.56 Å². The highest BCUT2D eigenvalue weighted by molar-refractivity contribution is 7.18. The fourth-order valence-electron chi connectivity index (χ4n) is 3.61. The number of fused-ring (bicyclic) bond motifs is 4. The zero-order chi connectivity index (χ0) is 14.7. The molecule has 1 aliphatic heterocycles. The normalized spacial score (nSPS) is 16.4. The number of aryl methyl sites for hydroxylation is 3. The van der Waals surface area contributed by atoms with Crippen LogP contribution in [0.25, 0.3) is 10.2 Å². The van der Waals surface area contributed by atoms with Gasteiger partial charge in [-0.2, -0.15) is 0 Å². The Morgan fingerprint density at radius 1 is 1.18 bits per heavy atom. The van der Waals surface area contributed by atoms with Gasteiger partial charge in [0.2, 0.25) is 0 Å². The van der Waals surface area contributed by atoms with Gasteiger partial charge in [-0.3, -0.25) is 9.36 Å². The Balaban J connectivity index is 1.63. The van der Waals surface area contributed by atoms with E-state index in [1.807, 2.05) is 0 Å². The van der Waals surface area contributed by atoms with Gasteiger partial charge < -0.3 is 4.57 Å². The van der Waals surface area contributed by atoms with Crippen molar-refractivity contribution in [3.63, 3.8) is 0 Å². The van der Waals surface area contributed by atoms with Crippen molar-refractivity contribution in [2.45, 2.75) is 45.2 Å². The van der Waals surface area contributed by atoms with Crippen molar-refractivity contribution in [2.75, 3.05) is 0 Å². The standard InChI is InChI=1S/C15H15N5OS/c21-15-13-9-3-1-4-10(9)22-14(13)16-8-19(15)7-12-18-17-11-5-2-6-20(11)12/h8H,1-7H2. The van der Waals surface area contributed by atoms with Crippen molar-refractivity contribution in [1.82, 2.24) is 24.3 Å². The van der Waals surface area contributed by atoms with E-state index in [1.54, 1.807) is 22.2 Å². The Hall–Kier alpha value is -2.02. The van der Waals surface area contributed by atoms with E-state index in [-0.39, 0.29) is 5.56 Å². The van der Waals surface area contributed by atoms with Crippen LogP contribution in [0.3, 0.4) is 0 Å². The molecule has 0 aromatic carbocycles. The largest absolute Gasteiger partial charge is 0.313 e. The third kappa shape index (κ3) is 1.65. The molecule has 0 unspecified atom stereocenters. The van der Waals surface area contributed by atoms with E-state index in [2.05, 4.69) is 19.7 Å². The minimum atomic E-state index is 0.0692. The van der Waals surface area contributed by atoms with E-state index in [0.29, 0.717) is 6.54 Å². The summed E-state index contributed by atoms with van der Waals surface area (Å²) in [6.45, 7) is 1.41. The van der Waals surface area contributed by atoms with Gasteiger partial charge in [-0.05, 0) is 31.2 Å². The summed E-state index contributed by atoms with van der Waals surface area (Å²) in [5, 5.41) is 9.29. The van der Waals surface area contributed by atoms with Crippen LogP contribution in [0.2, 0.25) is 0 Å². The molecular weight excluding hydrogens is 298 g/mol. The SMILES string of the molecule is O=c1c2c3c(sc2ncn1Cc1nnc2n1CCC2)CCC3. The Bertz CT molecular complexity index is 951. The maximum Gasteiger partial charge on any atom is 0.262 e. The summed E-state index contributed by atoms with van der Waals surface area (Å²) in [5.41, 5.74) is 1.30. The van der Waals surface area contributed by atoms with E-state index in [4.69, 9.17) is 0 Å². The Labute approximate surface area is 130 Å². The third-order valence-electron chi connectivity index (χ3n) is 4.69. The first-order valence-electron chi connectivity index (χ1n) is 7.72.